The van der Waals surface area contributed by atoms with E-state index < -0.39 is 12.2 Å². The van der Waals surface area contributed by atoms with Gasteiger partial charge < -0.3 is 29.7 Å². The molecule has 2 aromatic rings. The summed E-state index contributed by atoms with van der Waals surface area (Å²) < 4.78 is 7.16. The van der Waals surface area contributed by atoms with Crippen LogP contribution in [0, 0.1) is 13.8 Å². The predicted molar refractivity (Wildman–Crippen MR) is 183 cm³/mol. The van der Waals surface area contributed by atoms with Gasteiger partial charge in [0.2, 0.25) is 0 Å². The van der Waals surface area contributed by atoms with Gasteiger partial charge in [0.1, 0.15) is 0 Å². The third-order valence-electron chi connectivity index (χ3n) is 10.4. The molecule has 248 valence electrons. The van der Waals surface area contributed by atoms with E-state index in [1.165, 1.54) is 19.3 Å². The van der Waals surface area contributed by atoms with Crippen LogP contribution in [0.4, 0.5) is 15.3 Å². The van der Waals surface area contributed by atoms with Gasteiger partial charge in [-0.15, -0.1) is 0 Å². The standard InChI is InChI=1S/C36H48BrN5O4/c1-25-22-27(23-26(2)33(25)37)24-32(34(43)40-17-11-29(12-18-40)39-15-6-3-7-16-39)46-36(45)41-19-13-30(14-20-41)42-21-10-28-8-4-5-9-31(28)38-35(42)44/h4-5,8-9,22-23,29-30,32H,3,6-7,10-21,24H2,1-2H3,(H,38,44)/t32-/m1/s1. The summed E-state index contributed by atoms with van der Waals surface area (Å²) in [6.45, 7) is 9.41. The number of urea groups is 1. The number of fused-ring (bicyclic) bond motifs is 1. The van der Waals surface area contributed by atoms with E-state index in [9.17, 15) is 14.4 Å². The summed E-state index contributed by atoms with van der Waals surface area (Å²) in [5.41, 5.74) is 5.19. The van der Waals surface area contributed by atoms with E-state index in [0.29, 0.717) is 58.0 Å². The molecular formula is C36H48BrN5O4. The van der Waals surface area contributed by atoms with E-state index in [1.807, 2.05) is 41.8 Å². The second-order valence-corrected chi connectivity index (χ2v) is 14.3. The Morgan fingerprint density at radius 2 is 1.50 bits per heavy atom. The highest BCUT2D eigenvalue weighted by atomic mass is 79.9. The lowest BCUT2D eigenvalue weighted by molar-refractivity contribution is -0.142. The summed E-state index contributed by atoms with van der Waals surface area (Å²) in [5, 5.41) is 3.06. The smallest absolute Gasteiger partial charge is 0.410 e. The molecule has 10 heteroatoms. The van der Waals surface area contributed by atoms with Crippen molar-refractivity contribution in [2.75, 3.05) is 51.1 Å². The molecule has 9 nitrogen and oxygen atoms in total. The number of benzene rings is 2. The first kappa shape index (κ1) is 32.8. The quantitative estimate of drug-likeness (QED) is 0.393. The normalized spacial score (nSPS) is 20.9. The minimum atomic E-state index is -0.883. The molecule has 1 N–H and O–H groups in total. The van der Waals surface area contributed by atoms with Crippen molar-refractivity contribution in [1.29, 1.82) is 0 Å². The van der Waals surface area contributed by atoms with E-state index >= 15 is 0 Å². The Bertz CT molecular complexity index is 1390. The van der Waals surface area contributed by atoms with Crippen molar-refractivity contribution in [3.8, 4) is 0 Å². The number of halogens is 1. The molecule has 6 rings (SSSR count). The fourth-order valence-corrected chi connectivity index (χ4v) is 8.01. The minimum absolute atomic E-state index is 0.0470. The van der Waals surface area contributed by atoms with Crippen LogP contribution in [0.15, 0.2) is 40.9 Å². The number of carbonyl (C=O) groups excluding carboxylic acids is 3. The molecule has 0 aliphatic carbocycles. The number of likely N-dealkylation sites (tertiary alicyclic amines) is 3. The number of anilines is 1. The molecule has 0 aromatic heterocycles. The average molecular weight is 695 g/mol. The van der Waals surface area contributed by atoms with Crippen molar-refractivity contribution in [1.82, 2.24) is 19.6 Å². The molecule has 0 saturated carbocycles. The van der Waals surface area contributed by atoms with Crippen molar-refractivity contribution in [2.45, 2.75) is 89.8 Å². The average Bonchev–Trinajstić information content (AvgIpc) is 3.25. The molecule has 0 radical (unpaired) electrons. The van der Waals surface area contributed by atoms with Crippen LogP contribution in [-0.2, 0) is 22.4 Å². The number of para-hydroxylation sites is 1. The fourth-order valence-electron chi connectivity index (χ4n) is 7.78. The van der Waals surface area contributed by atoms with Crippen molar-refractivity contribution >= 4 is 39.6 Å². The number of amides is 4. The van der Waals surface area contributed by atoms with Gasteiger partial charge in [-0.1, -0.05) is 52.7 Å². The summed E-state index contributed by atoms with van der Waals surface area (Å²) in [7, 11) is 0. The Morgan fingerprint density at radius 3 is 2.20 bits per heavy atom. The zero-order valence-electron chi connectivity index (χ0n) is 27.3. The van der Waals surface area contributed by atoms with Crippen LogP contribution in [0.2, 0.25) is 0 Å². The van der Waals surface area contributed by atoms with Gasteiger partial charge in [-0.25, -0.2) is 9.59 Å². The Balaban J connectivity index is 1.09. The van der Waals surface area contributed by atoms with E-state index in [-0.39, 0.29) is 18.0 Å². The zero-order valence-corrected chi connectivity index (χ0v) is 28.9. The molecule has 0 spiro atoms. The summed E-state index contributed by atoms with van der Waals surface area (Å²) in [6.07, 6.45) is 6.93. The van der Waals surface area contributed by atoms with Gasteiger partial charge in [0.05, 0.1) is 0 Å². The minimum Gasteiger partial charge on any atom is -0.436 e. The lowest BCUT2D eigenvalue weighted by atomic mass is 9.98. The molecule has 2 aromatic carbocycles. The highest BCUT2D eigenvalue weighted by Crippen LogP contribution is 2.27. The third-order valence-corrected chi connectivity index (χ3v) is 11.7. The number of ether oxygens (including phenoxy) is 1. The number of carbonyl (C=O) groups is 3. The van der Waals surface area contributed by atoms with Crippen molar-refractivity contribution < 1.29 is 19.1 Å². The summed E-state index contributed by atoms with van der Waals surface area (Å²) in [4.78, 5) is 48.9. The Morgan fingerprint density at radius 1 is 0.870 bits per heavy atom. The predicted octanol–water partition coefficient (Wildman–Crippen LogP) is 6.15. The number of nitrogens with one attached hydrogen (secondary N) is 1. The van der Waals surface area contributed by atoms with Gasteiger partial charge in [-0.3, -0.25) is 4.79 Å². The molecule has 0 bridgehead atoms. The molecule has 46 heavy (non-hydrogen) atoms. The Labute approximate surface area is 281 Å². The summed E-state index contributed by atoms with van der Waals surface area (Å²) in [5.74, 6) is -0.0978. The van der Waals surface area contributed by atoms with Crippen LogP contribution in [0.5, 0.6) is 0 Å². The van der Waals surface area contributed by atoms with Gasteiger partial charge in [0.15, 0.2) is 6.10 Å². The maximum atomic E-state index is 14.0. The number of nitrogens with zero attached hydrogens (tertiary/aromatic N) is 4. The number of rotatable bonds is 6. The van der Waals surface area contributed by atoms with Crippen LogP contribution in [0.3, 0.4) is 0 Å². The summed E-state index contributed by atoms with van der Waals surface area (Å²) >= 11 is 3.65. The van der Waals surface area contributed by atoms with Gasteiger partial charge in [0, 0.05) is 61.4 Å². The first-order valence-electron chi connectivity index (χ1n) is 17.2. The molecule has 0 unspecified atom stereocenters. The second kappa shape index (κ2) is 14.8. The van der Waals surface area contributed by atoms with Crippen LogP contribution < -0.4 is 5.32 Å². The SMILES string of the molecule is Cc1cc(C[C@@H](OC(=O)N2CCC(N3CCc4ccccc4NC3=O)CC2)C(=O)N2CCC(N3CCCCC3)CC2)cc(C)c1Br. The molecule has 4 heterocycles. The van der Waals surface area contributed by atoms with Crippen molar-refractivity contribution in [3.63, 3.8) is 0 Å². The monoisotopic (exact) mass is 693 g/mol. The van der Waals surface area contributed by atoms with Gasteiger partial charge >= 0.3 is 12.1 Å². The zero-order chi connectivity index (χ0) is 32.2. The van der Waals surface area contributed by atoms with Gasteiger partial charge in [-0.05, 0) is 100 Å². The molecule has 3 fully saturated rings. The van der Waals surface area contributed by atoms with Crippen LogP contribution in [-0.4, -0.2) is 102 Å². The topological polar surface area (TPSA) is 85.4 Å². The highest BCUT2D eigenvalue weighted by molar-refractivity contribution is 9.10. The van der Waals surface area contributed by atoms with Gasteiger partial charge in [0.25, 0.3) is 5.91 Å². The molecule has 3 saturated heterocycles. The molecule has 4 aliphatic heterocycles. The molecular weight excluding hydrogens is 646 g/mol. The third kappa shape index (κ3) is 7.54. The maximum absolute atomic E-state index is 14.0. The highest BCUT2D eigenvalue weighted by Gasteiger charge is 2.36. The number of piperidine rings is 3. The summed E-state index contributed by atoms with van der Waals surface area (Å²) in [6, 6.07) is 12.6. The molecule has 4 aliphatic rings. The lowest BCUT2D eigenvalue weighted by Gasteiger charge is -2.41. The van der Waals surface area contributed by atoms with Gasteiger partial charge in [-0.2, -0.15) is 0 Å². The fraction of sp³-hybridized carbons (Fsp3) is 0.583. The van der Waals surface area contributed by atoms with E-state index in [4.69, 9.17) is 4.74 Å². The number of hydrogen-bond acceptors (Lipinski definition) is 5. The molecule has 1 atom stereocenters. The van der Waals surface area contributed by atoms with Crippen LogP contribution >= 0.6 is 15.9 Å². The van der Waals surface area contributed by atoms with E-state index in [0.717, 1.165) is 64.8 Å². The maximum Gasteiger partial charge on any atom is 0.410 e. The second-order valence-electron chi connectivity index (χ2n) is 13.5. The van der Waals surface area contributed by atoms with Crippen LogP contribution in [0.1, 0.15) is 67.2 Å². The Kier molecular flexibility index (Phi) is 10.5. The van der Waals surface area contributed by atoms with Crippen molar-refractivity contribution in [3.05, 3.63) is 63.1 Å². The van der Waals surface area contributed by atoms with E-state index in [1.54, 1.807) is 4.90 Å². The number of aryl methyl sites for hydroxylation is 2. The van der Waals surface area contributed by atoms with Crippen molar-refractivity contribution in [2.24, 2.45) is 0 Å². The Hall–Kier alpha value is -3.11. The first-order valence-corrected chi connectivity index (χ1v) is 18.0. The van der Waals surface area contributed by atoms with Crippen LogP contribution in [0.25, 0.3) is 0 Å². The van der Waals surface area contributed by atoms with E-state index in [2.05, 4.69) is 44.3 Å². The lowest BCUT2D eigenvalue weighted by Crippen LogP contribution is -2.53. The largest absolute Gasteiger partial charge is 0.436 e. The number of hydrogen-bond donors (Lipinski definition) is 1. The first-order chi connectivity index (χ1) is 22.3. The molecule has 4 amide bonds.